The number of rotatable bonds is 5. The van der Waals surface area contributed by atoms with E-state index in [4.69, 9.17) is 4.78 Å². The third-order valence-corrected chi connectivity index (χ3v) is 8.06. The van der Waals surface area contributed by atoms with Gasteiger partial charge in [-0.2, -0.15) is 0 Å². The fourth-order valence-electron chi connectivity index (χ4n) is 3.21. The van der Waals surface area contributed by atoms with Crippen LogP contribution in [0.2, 0.25) is 0 Å². The summed E-state index contributed by atoms with van der Waals surface area (Å²) in [7, 11) is -2.20. The number of fused-ring (bicyclic) bond motifs is 1. The molecule has 4 aromatic carbocycles. The average molecular weight is 481 g/mol. The summed E-state index contributed by atoms with van der Waals surface area (Å²) in [6, 6.07) is 28.8. The van der Waals surface area contributed by atoms with E-state index in [2.05, 4.69) is 82.0 Å². The normalized spacial score (nSPS) is 13.2. The zero-order valence-corrected chi connectivity index (χ0v) is 19.2. The zero-order valence-electron chi connectivity index (χ0n) is 16.0. The van der Waals surface area contributed by atoms with Gasteiger partial charge in [-0.25, -0.2) is 0 Å². The summed E-state index contributed by atoms with van der Waals surface area (Å²) < 4.78 is 13.4. The molecule has 0 radical (unpaired) electrons. The molecule has 4 aromatic rings. The van der Waals surface area contributed by atoms with Crippen molar-refractivity contribution in [2.75, 3.05) is 4.72 Å². The highest BCUT2D eigenvalue weighted by molar-refractivity contribution is 9.10. The minimum Gasteiger partial charge on any atom is -0.324 e. The van der Waals surface area contributed by atoms with Crippen LogP contribution in [0.25, 0.3) is 10.8 Å². The van der Waals surface area contributed by atoms with Crippen LogP contribution in [0.3, 0.4) is 0 Å². The predicted octanol–water partition coefficient (Wildman–Crippen LogP) is 7.80. The average Bonchev–Trinajstić information content (AvgIpc) is 2.72. The molecule has 4 rings (SSSR count). The number of nitrogens with one attached hydrogen (secondary N) is 2. The minimum absolute atomic E-state index is 0.891. The van der Waals surface area contributed by atoms with Crippen LogP contribution in [-0.2, 0) is 9.60 Å². The summed E-state index contributed by atoms with van der Waals surface area (Å²) in [6.07, 6.45) is 0. The van der Waals surface area contributed by atoms with Gasteiger partial charge >= 0.3 is 0 Å². The van der Waals surface area contributed by atoms with Gasteiger partial charge in [0.25, 0.3) is 0 Å². The highest BCUT2D eigenvalue weighted by atomic mass is 79.9. The molecule has 0 heterocycles. The summed E-state index contributed by atoms with van der Waals surface area (Å²) >= 11 is 5.21. The molecule has 0 fully saturated rings. The molecular weight excluding hydrogens is 460 g/mol. The smallest absolute Gasteiger partial charge is 0.0535 e. The topological polar surface area (TPSA) is 35.9 Å². The third kappa shape index (κ3) is 4.37. The molecule has 0 amide bonds. The quantitative estimate of drug-likeness (QED) is 0.285. The number of hydrogen-bond donors (Lipinski definition) is 2. The lowest BCUT2D eigenvalue weighted by Crippen LogP contribution is -2.11. The van der Waals surface area contributed by atoms with Gasteiger partial charge in [0.2, 0.25) is 0 Å². The lowest BCUT2D eigenvalue weighted by Gasteiger charge is -2.20. The molecular formula is C24H21BrN2S2. The van der Waals surface area contributed by atoms with E-state index >= 15 is 0 Å². The summed E-state index contributed by atoms with van der Waals surface area (Å²) in [5.41, 5.74) is 2.20. The van der Waals surface area contributed by atoms with Crippen LogP contribution in [0.5, 0.6) is 0 Å². The summed E-state index contributed by atoms with van der Waals surface area (Å²) in [5.74, 6) is 4.22. The standard InChI is InChI=1S/C24H21BrN2S2/c1-17-21-10-6-7-11-22(21)23(16-24(17)28-19-8-4-3-5-9-19)27-29(2,26)20-14-12-18(25)13-15-20/h3-16H,2H2,1H3,(H2,26,27). The first kappa shape index (κ1) is 20.1. The van der Waals surface area contributed by atoms with Gasteiger partial charge in [0.05, 0.1) is 5.69 Å². The minimum atomic E-state index is -2.20. The Balaban J connectivity index is 1.81. The Kier molecular flexibility index (Phi) is 5.72. The van der Waals surface area contributed by atoms with Crippen LogP contribution in [0.15, 0.2) is 104 Å². The van der Waals surface area contributed by atoms with Gasteiger partial charge in [-0.3, -0.25) is 4.78 Å². The first-order valence-electron chi connectivity index (χ1n) is 9.14. The Morgan fingerprint density at radius 3 is 2.21 bits per heavy atom. The molecule has 0 saturated carbocycles. The Morgan fingerprint density at radius 1 is 0.897 bits per heavy atom. The van der Waals surface area contributed by atoms with Gasteiger partial charge < -0.3 is 4.72 Å². The van der Waals surface area contributed by atoms with E-state index in [9.17, 15) is 0 Å². The van der Waals surface area contributed by atoms with Gasteiger partial charge in [-0.05, 0) is 75.8 Å². The van der Waals surface area contributed by atoms with Gasteiger partial charge in [0.15, 0.2) is 0 Å². The van der Waals surface area contributed by atoms with Crippen molar-refractivity contribution in [2.24, 2.45) is 0 Å². The molecule has 0 aliphatic heterocycles. The number of anilines is 1. The van der Waals surface area contributed by atoms with Crippen LogP contribution in [0.1, 0.15) is 5.56 Å². The summed E-state index contributed by atoms with van der Waals surface area (Å²) in [5, 5.41) is 2.31. The van der Waals surface area contributed by atoms with Crippen molar-refractivity contribution in [3.05, 3.63) is 95.0 Å². The molecule has 2 nitrogen and oxygen atoms in total. The van der Waals surface area contributed by atoms with Crippen LogP contribution in [0.4, 0.5) is 5.69 Å². The molecule has 2 N–H and O–H groups in total. The Labute approximate surface area is 185 Å². The summed E-state index contributed by atoms with van der Waals surface area (Å²) in [6.45, 7) is 2.16. The molecule has 0 aromatic heterocycles. The van der Waals surface area contributed by atoms with E-state index < -0.39 is 9.60 Å². The van der Waals surface area contributed by atoms with Crippen molar-refractivity contribution in [1.82, 2.24) is 0 Å². The molecule has 146 valence electrons. The number of hydrogen-bond acceptors (Lipinski definition) is 2. The molecule has 0 spiro atoms. The van der Waals surface area contributed by atoms with E-state index in [1.54, 1.807) is 11.8 Å². The molecule has 0 aliphatic rings. The summed E-state index contributed by atoms with van der Waals surface area (Å²) in [4.78, 5) is 3.27. The molecule has 5 heteroatoms. The van der Waals surface area contributed by atoms with Gasteiger partial charge in [-0.15, -0.1) is 0 Å². The van der Waals surface area contributed by atoms with Crippen molar-refractivity contribution in [3.63, 3.8) is 0 Å². The van der Waals surface area contributed by atoms with Crippen molar-refractivity contribution in [2.45, 2.75) is 21.6 Å². The maximum atomic E-state index is 8.93. The Bertz CT molecular complexity index is 1270. The Hall–Kier alpha value is -2.21. The first-order chi connectivity index (χ1) is 13.9. The van der Waals surface area contributed by atoms with Gasteiger partial charge in [0.1, 0.15) is 0 Å². The monoisotopic (exact) mass is 480 g/mol. The van der Waals surface area contributed by atoms with Crippen molar-refractivity contribution >= 4 is 59.6 Å². The maximum Gasteiger partial charge on any atom is 0.0535 e. The van der Waals surface area contributed by atoms with E-state index in [1.807, 2.05) is 36.4 Å². The molecule has 0 saturated heterocycles. The van der Waals surface area contributed by atoms with E-state index in [0.29, 0.717) is 0 Å². The number of aryl methyl sites for hydroxylation is 1. The van der Waals surface area contributed by atoms with Gasteiger partial charge in [0, 0.05) is 24.5 Å². The molecule has 0 bridgehead atoms. The second kappa shape index (κ2) is 8.27. The maximum absolute atomic E-state index is 8.93. The van der Waals surface area contributed by atoms with Crippen molar-refractivity contribution in [3.8, 4) is 0 Å². The van der Waals surface area contributed by atoms with Crippen LogP contribution < -0.4 is 4.72 Å². The second-order valence-corrected chi connectivity index (χ2v) is 11.0. The number of benzene rings is 4. The SMILES string of the molecule is C=S(=N)(Nc1cc(Sc2ccccc2)c(C)c2ccccc12)c1ccc(Br)cc1. The van der Waals surface area contributed by atoms with Crippen LogP contribution in [0, 0.1) is 11.7 Å². The highest BCUT2D eigenvalue weighted by Crippen LogP contribution is 2.38. The lowest BCUT2D eigenvalue weighted by atomic mass is 10.0. The van der Waals surface area contributed by atoms with Crippen LogP contribution in [-0.4, -0.2) is 5.87 Å². The van der Waals surface area contributed by atoms with Crippen molar-refractivity contribution in [1.29, 1.82) is 4.78 Å². The van der Waals surface area contributed by atoms with E-state index in [-0.39, 0.29) is 0 Å². The predicted molar refractivity (Wildman–Crippen MR) is 132 cm³/mol. The first-order valence-corrected chi connectivity index (χ1v) is 12.5. The van der Waals surface area contributed by atoms with E-state index in [1.165, 1.54) is 20.7 Å². The molecule has 1 unspecified atom stereocenters. The van der Waals surface area contributed by atoms with Gasteiger partial charge in [-0.1, -0.05) is 70.2 Å². The molecule has 1 atom stereocenters. The Morgan fingerprint density at radius 2 is 1.52 bits per heavy atom. The zero-order chi connectivity index (χ0) is 20.4. The fourth-order valence-corrected chi connectivity index (χ4v) is 5.73. The van der Waals surface area contributed by atoms with Crippen molar-refractivity contribution < 1.29 is 0 Å². The largest absolute Gasteiger partial charge is 0.324 e. The molecule has 0 aliphatic carbocycles. The second-order valence-electron chi connectivity index (χ2n) is 6.80. The molecule has 29 heavy (non-hydrogen) atoms. The highest BCUT2D eigenvalue weighted by Gasteiger charge is 2.13. The fraction of sp³-hybridized carbons (Fsp3) is 0.0417. The lowest BCUT2D eigenvalue weighted by molar-refractivity contribution is 1.33. The van der Waals surface area contributed by atoms with Crippen LogP contribution >= 0.6 is 27.7 Å². The van der Waals surface area contributed by atoms with E-state index in [0.717, 1.165) is 20.4 Å². The number of halogens is 1. The third-order valence-electron chi connectivity index (χ3n) is 4.74.